The van der Waals surface area contributed by atoms with E-state index in [9.17, 15) is 0 Å². The first kappa shape index (κ1) is 7.60. The predicted molar refractivity (Wildman–Crippen MR) is 45.5 cm³/mol. The summed E-state index contributed by atoms with van der Waals surface area (Å²) in [5.74, 6) is 1.94. The summed E-state index contributed by atoms with van der Waals surface area (Å²) in [6.07, 6.45) is 6.76. The number of fused-ring (bicyclic) bond motifs is 2. The van der Waals surface area contributed by atoms with Crippen LogP contribution in [0.3, 0.4) is 0 Å². The van der Waals surface area contributed by atoms with E-state index in [4.69, 9.17) is 4.74 Å². The van der Waals surface area contributed by atoms with Gasteiger partial charge in [0.1, 0.15) is 0 Å². The highest BCUT2D eigenvalue weighted by atomic mass is 16.5. The van der Waals surface area contributed by atoms with Gasteiger partial charge in [0.2, 0.25) is 0 Å². The maximum Gasteiger partial charge on any atom is 0.0609 e. The molecule has 2 saturated carbocycles. The van der Waals surface area contributed by atoms with Gasteiger partial charge in [-0.2, -0.15) is 0 Å². The lowest BCUT2D eigenvalue weighted by Gasteiger charge is -2.24. The van der Waals surface area contributed by atoms with E-state index >= 15 is 0 Å². The Morgan fingerprint density at radius 3 is 2.45 bits per heavy atom. The summed E-state index contributed by atoms with van der Waals surface area (Å²) in [4.78, 5) is 0. The van der Waals surface area contributed by atoms with E-state index in [2.05, 4.69) is 13.8 Å². The largest absolute Gasteiger partial charge is 0.375 e. The van der Waals surface area contributed by atoms with Crippen LogP contribution in [0.25, 0.3) is 0 Å². The molecule has 2 bridgehead atoms. The van der Waals surface area contributed by atoms with E-state index in [-0.39, 0.29) is 0 Å². The number of ether oxygens (including phenoxy) is 1. The van der Waals surface area contributed by atoms with Crippen molar-refractivity contribution >= 4 is 0 Å². The summed E-state index contributed by atoms with van der Waals surface area (Å²) < 4.78 is 5.85. The van der Waals surface area contributed by atoms with Gasteiger partial charge in [-0.05, 0) is 51.4 Å². The van der Waals surface area contributed by atoms with Gasteiger partial charge < -0.3 is 4.74 Å². The van der Waals surface area contributed by atoms with Gasteiger partial charge in [0, 0.05) is 0 Å². The molecule has 11 heavy (non-hydrogen) atoms. The maximum atomic E-state index is 5.85. The second-order valence-corrected chi connectivity index (χ2v) is 4.40. The molecule has 0 aromatic carbocycles. The van der Waals surface area contributed by atoms with Crippen LogP contribution in [0.1, 0.15) is 39.5 Å². The fraction of sp³-hybridized carbons (Fsp3) is 1.00. The molecule has 3 atom stereocenters. The second-order valence-electron chi connectivity index (χ2n) is 4.40. The monoisotopic (exact) mass is 154 g/mol. The van der Waals surface area contributed by atoms with Gasteiger partial charge in [-0.1, -0.05) is 0 Å². The van der Waals surface area contributed by atoms with E-state index < -0.39 is 0 Å². The van der Waals surface area contributed by atoms with Crippen LogP contribution in [0.5, 0.6) is 0 Å². The lowest BCUT2D eigenvalue weighted by atomic mass is 9.98. The Hall–Kier alpha value is -0.0400. The smallest absolute Gasteiger partial charge is 0.0609 e. The number of hydrogen-bond acceptors (Lipinski definition) is 1. The lowest BCUT2D eigenvalue weighted by molar-refractivity contribution is -0.0222. The Morgan fingerprint density at radius 2 is 2.00 bits per heavy atom. The Kier molecular flexibility index (Phi) is 1.92. The van der Waals surface area contributed by atoms with Crippen molar-refractivity contribution in [1.82, 2.24) is 0 Å². The third-order valence-corrected chi connectivity index (χ3v) is 3.12. The van der Waals surface area contributed by atoms with E-state index in [0.29, 0.717) is 12.2 Å². The van der Waals surface area contributed by atoms with E-state index in [1.54, 1.807) is 0 Å². The highest BCUT2D eigenvalue weighted by molar-refractivity contribution is 4.90. The van der Waals surface area contributed by atoms with Crippen molar-refractivity contribution in [1.29, 1.82) is 0 Å². The minimum Gasteiger partial charge on any atom is -0.375 e. The molecule has 0 aliphatic heterocycles. The van der Waals surface area contributed by atoms with Gasteiger partial charge in [-0.3, -0.25) is 0 Å². The average Bonchev–Trinajstić information content (AvgIpc) is 2.45. The first-order valence-electron chi connectivity index (χ1n) is 4.91. The first-order chi connectivity index (χ1) is 5.25. The van der Waals surface area contributed by atoms with Gasteiger partial charge in [0.05, 0.1) is 12.2 Å². The van der Waals surface area contributed by atoms with Gasteiger partial charge in [0.25, 0.3) is 0 Å². The standard InChI is InChI=1S/C10H18O/c1-7(2)11-10-6-8-3-4-9(10)5-8/h7-10H,3-6H2,1-2H3/t8?,9?,10-/m1/s1. The van der Waals surface area contributed by atoms with Gasteiger partial charge in [-0.15, -0.1) is 0 Å². The molecule has 0 spiro atoms. The third-order valence-electron chi connectivity index (χ3n) is 3.12. The van der Waals surface area contributed by atoms with Crippen molar-refractivity contribution in [3.63, 3.8) is 0 Å². The summed E-state index contributed by atoms with van der Waals surface area (Å²) in [5, 5.41) is 0. The zero-order chi connectivity index (χ0) is 7.84. The van der Waals surface area contributed by atoms with Crippen molar-refractivity contribution in [2.24, 2.45) is 11.8 Å². The van der Waals surface area contributed by atoms with Crippen molar-refractivity contribution < 1.29 is 4.74 Å². The zero-order valence-corrected chi connectivity index (χ0v) is 7.55. The van der Waals surface area contributed by atoms with E-state index in [1.807, 2.05) is 0 Å². The highest BCUT2D eigenvalue weighted by Crippen LogP contribution is 2.46. The Morgan fingerprint density at radius 1 is 1.18 bits per heavy atom. The molecule has 2 rings (SSSR count). The van der Waals surface area contributed by atoms with Crippen LogP contribution >= 0.6 is 0 Å². The third kappa shape index (κ3) is 1.44. The minimum absolute atomic E-state index is 0.430. The quantitative estimate of drug-likeness (QED) is 0.594. The van der Waals surface area contributed by atoms with Crippen molar-refractivity contribution in [2.75, 3.05) is 0 Å². The maximum absolute atomic E-state index is 5.85. The van der Waals surface area contributed by atoms with Crippen LogP contribution in [0.2, 0.25) is 0 Å². The summed E-state index contributed by atoms with van der Waals surface area (Å²) in [6.45, 7) is 4.29. The molecule has 2 aliphatic rings. The Balaban J connectivity index is 1.87. The van der Waals surface area contributed by atoms with Crippen LogP contribution in [-0.2, 0) is 4.74 Å². The topological polar surface area (TPSA) is 9.23 Å². The molecule has 0 saturated heterocycles. The molecule has 0 radical (unpaired) electrons. The summed E-state index contributed by atoms with van der Waals surface area (Å²) in [7, 11) is 0. The van der Waals surface area contributed by atoms with Gasteiger partial charge >= 0.3 is 0 Å². The molecule has 1 nitrogen and oxygen atoms in total. The first-order valence-corrected chi connectivity index (χ1v) is 4.91. The fourth-order valence-electron chi connectivity index (χ4n) is 2.70. The lowest BCUT2D eigenvalue weighted by Crippen LogP contribution is -2.23. The fourth-order valence-corrected chi connectivity index (χ4v) is 2.70. The second kappa shape index (κ2) is 2.78. The molecule has 0 heterocycles. The Labute approximate surface area is 69.1 Å². The van der Waals surface area contributed by atoms with Crippen LogP contribution in [0, 0.1) is 11.8 Å². The summed E-state index contributed by atoms with van der Waals surface area (Å²) in [5.41, 5.74) is 0. The average molecular weight is 154 g/mol. The molecule has 0 amide bonds. The molecule has 2 aliphatic carbocycles. The SMILES string of the molecule is CC(C)O[C@@H]1CC2CCC1C2. The molecule has 1 heteroatoms. The van der Waals surface area contributed by atoms with Crippen LogP contribution in [-0.4, -0.2) is 12.2 Å². The molecular weight excluding hydrogens is 136 g/mol. The highest BCUT2D eigenvalue weighted by Gasteiger charge is 2.40. The number of hydrogen-bond donors (Lipinski definition) is 0. The molecule has 64 valence electrons. The van der Waals surface area contributed by atoms with Gasteiger partial charge in [0.15, 0.2) is 0 Å². The molecule has 0 aromatic rings. The molecular formula is C10H18O. The molecule has 0 aromatic heterocycles. The Bertz CT molecular complexity index is 142. The van der Waals surface area contributed by atoms with Gasteiger partial charge in [-0.25, -0.2) is 0 Å². The molecule has 2 unspecified atom stereocenters. The van der Waals surface area contributed by atoms with E-state index in [1.165, 1.54) is 25.7 Å². The van der Waals surface area contributed by atoms with Crippen molar-refractivity contribution in [3.05, 3.63) is 0 Å². The number of rotatable bonds is 2. The predicted octanol–water partition coefficient (Wildman–Crippen LogP) is 2.60. The summed E-state index contributed by atoms with van der Waals surface area (Å²) in [6, 6.07) is 0. The summed E-state index contributed by atoms with van der Waals surface area (Å²) >= 11 is 0. The molecule has 0 N–H and O–H groups in total. The normalized spacial score (nSPS) is 42.3. The van der Waals surface area contributed by atoms with Crippen LogP contribution < -0.4 is 0 Å². The zero-order valence-electron chi connectivity index (χ0n) is 7.55. The molecule has 2 fully saturated rings. The minimum atomic E-state index is 0.430. The van der Waals surface area contributed by atoms with Crippen molar-refractivity contribution in [3.8, 4) is 0 Å². The van der Waals surface area contributed by atoms with Crippen LogP contribution in [0.15, 0.2) is 0 Å². The van der Waals surface area contributed by atoms with Crippen LogP contribution in [0.4, 0.5) is 0 Å². The van der Waals surface area contributed by atoms with Crippen molar-refractivity contribution in [2.45, 2.75) is 51.7 Å². The van der Waals surface area contributed by atoms with E-state index in [0.717, 1.165) is 11.8 Å².